The van der Waals surface area contributed by atoms with Crippen molar-refractivity contribution in [1.82, 2.24) is 4.57 Å². The van der Waals surface area contributed by atoms with Crippen LogP contribution < -0.4 is 16.4 Å². The second-order valence-corrected chi connectivity index (χ2v) is 13.2. The third-order valence-electron chi connectivity index (χ3n) is 8.63. The first-order valence-electron chi connectivity index (χ1n) is 13.6. The maximum atomic E-state index is 2.60. The Bertz CT molecular complexity index is 2110. The largest absolute Gasteiger partial charge is 0.300 e. The molecule has 4 heteroatoms. The summed E-state index contributed by atoms with van der Waals surface area (Å²) in [5.41, 5.74) is 16.5. The number of hydrogen-bond acceptors (Lipinski definition) is 2. The van der Waals surface area contributed by atoms with Crippen molar-refractivity contribution in [1.29, 1.82) is 0 Å². The molecule has 0 amide bonds. The van der Waals surface area contributed by atoms with Crippen molar-refractivity contribution in [3.63, 3.8) is 0 Å². The molecule has 0 spiro atoms. The molecule has 7 aromatic rings. The van der Waals surface area contributed by atoms with Gasteiger partial charge in [0.15, 0.2) is 0 Å². The first kappa shape index (κ1) is 23.3. The highest BCUT2D eigenvalue weighted by Gasteiger charge is 2.37. The second kappa shape index (κ2) is 8.20. The van der Waals surface area contributed by atoms with Gasteiger partial charge in [-0.15, -0.1) is 22.7 Å². The predicted molar refractivity (Wildman–Crippen MR) is 174 cm³/mol. The fourth-order valence-electron chi connectivity index (χ4n) is 7.36. The summed E-state index contributed by atoms with van der Waals surface area (Å²) in [5, 5.41) is 6.29. The van der Waals surface area contributed by atoms with Gasteiger partial charge >= 0.3 is 0 Å². The van der Waals surface area contributed by atoms with Gasteiger partial charge in [0.25, 0.3) is 0 Å². The highest BCUT2D eigenvalue weighted by atomic mass is 32.1. The maximum absolute atomic E-state index is 2.60. The number of para-hydroxylation sites is 2. The molecule has 1 nitrogen and oxygen atoms in total. The summed E-state index contributed by atoms with van der Waals surface area (Å²) in [4.78, 5) is 0. The molecular weight excluding hydrogens is 509 g/mol. The summed E-state index contributed by atoms with van der Waals surface area (Å²) < 4.78 is 5.41. The Morgan fingerprint density at radius 3 is 2.13 bits per heavy atom. The van der Waals surface area contributed by atoms with Crippen LogP contribution in [0.4, 0.5) is 0 Å². The van der Waals surface area contributed by atoms with E-state index in [1.54, 1.807) is 0 Å². The first-order chi connectivity index (χ1) is 18.9. The normalized spacial score (nSPS) is 12.7. The van der Waals surface area contributed by atoms with E-state index >= 15 is 0 Å². The van der Waals surface area contributed by atoms with Crippen LogP contribution in [-0.2, 0) is 0 Å². The molecule has 0 aliphatic carbocycles. The third kappa shape index (κ3) is 3.13. The van der Waals surface area contributed by atoms with E-state index in [4.69, 9.17) is 0 Å². The smallest absolute Gasteiger partial charge is 0.248 e. The Balaban J connectivity index is 1.68. The molecule has 4 aromatic carbocycles. The third-order valence-corrected chi connectivity index (χ3v) is 10.9. The number of fused-ring (bicyclic) bond motifs is 9. The maximum Gasteiger partial charge on any atom is 0.248 e. The molecule has 1 aliphatic rings. The summed E-state index contributed by atoms with van der Waals surface area (Å²) in [6, 6.07) is 27.8. The van der Waals surface area contributed by atoms with Gasteiger partial charge in [-0.1, -0.05) is 99.4 Å². The van der Waals surface area contributed by atoms with Crippen molar-refractivity contribution in [2.75, 3.05) is 0 Å². The molecule has 1 aliphatic heterocycles. The molecule has 0 saturated heterocycles. The van der Waals surface area contributed by atoms with E-state index in [1.807, 2.05) is 22.7 Å². The van der Waals surface area contributed by atoms with Crippen LogP contribution in [0.2, 0.25) is 0 Å². The van der Waals surface area contributed by atoms with Gasteiger partial charge in [-0.25, -0.2) is 0 Å². The minimum Gasteiger partial charge on any atom is -0.300 e. The van der Waals surface area contributed by atoms with Crippen LogP contribution in [-0.4, -0.2) is 11.3 Å². The van der Waals surface area contributed by atoms with Gasteiger partial charge in [-0.3, -0.25) is 0 Å². The quantitative estimate of drug-likeness (QED) is 0.187. The molecule has 39 heavy (non-hydrogen) atoms. The standard InChI is InChI=1S/C35H28BNS2/c1-19-15-21(3)30(22(4)16-19)36-31-23(5)17-20(2)18-27(31)26-11-8-10-25-24-9-6-7-12-28(24)37(33(25)26)35-32(36)34-29(39-35)13-14-38-34/h6-18H,1-5H3. The van der Waals surface area contributed by atoms with Crippen molar-refractivity contribution in [2.45, 2.75) is 34.6 Å². The van der Waals surface area contributed by atoms with E-state index in [2.05, 4.69) is 117 Å². The number of thiophene rings is 2. The van der Waals surface area contributed by atoms with Crippen LogP contribution in [0.25, 0.3) is 47.3 Å². The molecule has 0 atom stereocenters. The topological polar surface area (TPSA) is 4.93 Å². The summed E-state index contributed by atoms with van der Waals surface area (Å²) >= 11 is 3.85. The monoisotopic (exact) mass is 537 g/mol. The highest BCUT2D eigenvalue weighted by molar-refractivity contribution is 7.32. The van der Waals surface area contributed by atoms with Gasteiger partial charge < -0.3 is 4.57 Å². The predicted octanol–water partition coefficient (Wildman–Crippen LogP) is 8.10. The average Bonchev–Trinajstić information content (AvgIpc) is 3.57. The SMILES string of the molecule is Cc1cc(C)c(B2c3c(C)cc(C)cc3-c3cccc4c5ccccc5n(c34)-c3sc4ccsc4c32)c(C)c1. The van der Waals surface area contributed by atoms with Crippen molar-refractivity contribution in [2.24, 2.45) is 0 Å². The molecule has 0 unspecified atom stereocenters. The molecule has 0 saturated carbocycles. The van der Waals surface area contributed by atoms with Gasteiger partial charge in [-0.05, 0) is 63.2 Å². The summed E-state index contributed by atoms with van der Waals surface area (Å²) in [7, 11) is 0. The number of aryl methyl sites for hydroxylation is 5. The molecule has 0 bridgehead atoms. The van der Waals surface area contributed by atoms with Crippen LogP contribution in [0.5, 0.6) is 0 Å². The van der Waals surface area contributed by atoms with E-state index in [0.29, 0.717) is 0 Å². The van der Waals surface area contributed by atoms with Crippen LogP contribution >= 0.6 is 22.7 Å². The van der Waals surface area contributed by atoms with Crippen LogP contribution in [0.1, 0.15) is 27.8 Å². The Morgan fingerprint density at radius 2 is 1.33 bits per heavy atom. The molecule has 4 heterocycles. The Kier molecular flexibility index (Phi) is 4.90. The fourth-order valence-corrected chi connectivity index (χ4v) is 9.81. The minimum absolute atomic E-state index is 0.146. The lowest BCUT2D eigenvalue weighted by atomic mass is 9.34. The van der Waals surface area contributed by atoms with Crippen molar-refractivity contribution < 1.29 is 0 Å². The molecule has 8 rings (SSSR count). The van der Waals surface area contributed by atoms with Gasteiger partial charge in [-0.2, -0.15) is 0 Å². The Morgan fingerprint density at radius 1 is 0.641 bits per heavy atom. The fraction of sp³-hybridized carbons (Fsp3) is 0.143. The van der Waals surface area contributed by atoms with E-state index in [9.17, 15) is 0 Å². The lowest BCUT2D eigenvalue weighted by molar-refractivity contribution is 1.23. The zero-order chi connectivity index (χ0) is 26.6. The van der Waals surface area contributed by atoms with E-state index in [0.717, 1.165) is 0 Å². The number of nitrogens with zero attached hydrogens (tertiary/aromatic N) is 1. The van der Waals surface area contributed by atoms with Crippen molar-refractivity contribution in [3.8, 4) is 16.1 Å². The zero-order valence-corrected chi connectivity index (χ0v) is 24.5. The molecule has 0 N–H and O–H groups in total. The van der Waals surface area contributed by atoms with Crippen LogP contribution in [0.3, 0.4) is 0 Å². The van der Waals surface area contributed by atoms with Gasteiger partial charge in [0.05, 0.1) is 16.0 Å². The molecule has 0 fully saturated rings. The van der Waals surface area contributed by atoms with Gasteiger partial charge in [0.2, 0.25) is 6.71 Å². The van der Waals surface area contributed by atoms with Gasteiger partial charge in [0.1, 0.15) is 0 Å². The lowest BCUT2D eigenvalue weighted by Gasteiger charge is -2.28. The molecule has 3 aromatic heterocycles. The summed E-state index contributed by atoms with van der Waals surface area (Å²) in [5.74, 6) is 0. The average molecular weight is 538 g/mol. The molecule has 188 valence electrons. The number of hydrogen-bond donors (Lipinski definition) is 0. The molecular formula is C35H28BNS2. The summed E-state index contributed by atoms with van der Waals surface area (Å²) in [6.45, 7) is 11.6. The van der Waals surface area contributed by atoms with E-state index in [-0.39, 0.29) is 6.71 Å². The van der Waals surface area contributed by atoms with E-state index in [1.165, 1.54) is 91.5 Å². The Hall–Kier alpha value is -3.60. The van der Waals surface area contributed by atoms with Gasteiger partial charge in [0, 0.05) is 25.7 Å². The van der Waals surface area contributed by atoms with Crippen molar-refractivity contribution in [3.05, 3.63) is 106 Å². The van der Waals surface area contributed by atoms with Crippen LogP contribution in [0.15, 0.2) is 78.2 Å². The van der Waals surface area contributed by atoms with E-state index < -0.39 is 0 Å². The zero-order valence-electron chi connectivity index (χ0n) is 22.8. The number of aromatic nitrogens is 1. The first-order valence-corrected chi connectivity index (χ1v) is 15.3. The second-order valence-electron chi connectivity index (χ2n) is 11.3. The molecule has 0 radical (unpaired) electrons. The number of benzene rings is 4. The highest BCUT2D eigenvalue weighted by Crippen LogP contribution is 2.42. The Labute approximate surface area is 237 Å². The lowest BCUT2D eigenvalue weighted by Crippen LogP contribution is -2.56. The van der Waals surface area contributed by atoms with Crippen LogP contribution in [0, 0.1) is 34.6 Å². The number of rotatable bonds is 1. The minimum atomic E-state index is 0.146. The summed E-state index contributed by atoms with van der Waals surface area (Å²) in [6.07, 6.45) is 0. The van der Waals surface area contributed by atoms with Crippen molar-refractivity contribution >= 4 is 77.0 Å².